The average molecular weight is 734 g/mol. The van der Waals surface area contributed by atoms with E-state index in [4.69, 9.17) is 13.9 Å². The minimum atomic E-state index is -3.53. The molecule has 3 aliphatic heterocycles. The van der Waals surface area contributed by atoms with Crippen LogP contribution >= 0.6 is 0 Å². The van der Waals surface area contributed by atoms with E-state index < -0.39 is 10.0 Å². The molecule has 0 unspecified atom stereocenters. The highest BCUT2D eigenvalue weighted by Crippen LogP contribution is 2.25. The molecule has 276 valence electrons. The Kier molecular flexibility index (Phi) is 10.9. The Labute approximate surface area is 303 Å². The topological polar surface area (TPSA) is 125 Å². The molecule has 1 aromatic heterocycles. The number of nitrogens with one attached hydrogen (secondary N) is 1. The van der Waals surface area contributed by atoms with Crippen LogP contribution in [-0.4, -0.2) is 118 Å². The number of piperidine rings is 1. The van der Waals surface area contributed by atoms with Gasteiger partial charge in [-0.15, -0.1) is 0 Å². The number of amides is 2. The quantitative estimate of drug-likeness (QED) is 0.258. The van der Waals surface area contributed by atoms with Gasteiger partial charge in [-0.2, -0.15) is 4.31 Å². The summed E-state index contributed by atoms with van der Waals surface area (Å²) in [6, 6.07) is 19.0. The van der Waals surface area contributed by atoms with Crippen molar-refractivity contribution in [3.8, 4) is 5.75 Å². The molecule has 0 atom stereocenters. The largest absolute Gasteiger partial charge is 0.494 e. The molecule has 3 aromatic carbocycles. The Hall–Kier alpha value is -4.34. The monoisotopic (exact) mass is 733 g/mol. The Balaban J connectivity index is 0.879. The van der Waals surface area contributed by atoms with Gasteiger partial charge >= 0.3 is 0 Å². The zero-order valence-corrected chi connectivity index (χ0v) is 30.1. The van der Waals surface area contributed by atoms with Gasteiger partial charge in [0, 0.05) is 82.4 Å². The molecule has 4 aromatic rings. The molecule has 12 nitrogen and oxygen atoms in total. The number of carbonyl (C=O) groups is 2. The lowest BCUT2D eigenvalue weighted by Crippen LogP contribution is -2.48. The van der Waals surface area contributed by atoms with Crippen LogP contribution in [-0.2, 0) is 27.8 Å². The Morgan fingerprint density at radius 1 is 0.827 bits per heavy atom. The summed E-state index contributed by atoms with van der Waals surface area (Å²) < 4.78 is 57.6. The summed E-state index contributed by atoms with van der Waals surface area (Å²) >= 11 is 0. The lowest BCUT2D eigenvalue weighted by molar-refractivity contribution is 0.0628. The minimum Gasteiger partial charge on any atom is -0.494 e. The highest BCUT2D eigenvalue weighted by molar-refractivity contribution is 7.89. The van der Waals surface area contributed by atoms with Crippen LogP contribution in [0.2, 0.25) is 0 Å². The molecule has 4 heterocycles. The summed E-state index contributed by atoms with van der Waals surface area (Å²) in [5.74, 6) is -0.302. The van der Waals surface area contributed by atoms with Gasteiger partial charge in [-0.3, -0.25) is 19.4 Å². The first-order chi connectivity index (χ1) is 25.2. The number of furan rings is 1. The summed E-state index contributed by atoms with van der Waals surface area (Å²) in [6.07, 6.45) is 1.53. The number of morpholine rings is 1. The highest BCUT2D eigenvalue weighted by Gasteiger charge is 2.28. The number of likely N-dealkylation sites (tertiary alicyclic amines) is 1. The number of methoxy groups -OCH3 is 1. The number of halogens is 1. The Morgan fingerprint density at radius 3 is 2.19 bits per heavy atom. The van der Waals surface area contributed by atoms with Crippen LogP contribution < -0.4 is 10.1 Å². The molecule has 0 saturated carbocycles. The third-order valence-corrected chi connectivity index (χ3v) is 12.0. The van der Waals surface area contributed by atoms with Gasteiger partial charge in [0.2, 0.25) is 10.0 Å². The number of piperazine rings is 1. The van der Waals surface area contributed by atoms with E-state index in [2.05, 4.69) is 15.1 Å². The zero-order chi connectivity index (χ0) is 36.2. The van der Waals surface area contributed by atoms with E-state index in [1.165, 1.54) is 17.5 Å². The number of nitrogens with zero attached hydrogens (tertiary/aromatic N) is 4. The van der Waals surface area contributed by atoms with Gasteiger partial charge in [0.05, 0.1) is 25.2 Å². The molecular formula is C38H44FN5O7S. The summed E-state index contributed by atoms with van der Waals surface area (Å²) in [6.45, 7) is 6.88. The Bertz CT molecular complexity index is 2000. The number of rotatable bonds is 10. The van der Waals surface area contributed by atoms with Gasteiger partial charge in [0.15, 0.2) is 17.3 Å². The van der Waals surface area contributed by atoms with Gasteiger partial charge in [0.25, 0.3) is 11.8 Å². The number of hydrogen-bond donors (Lipinski definition) is 1. The lowest BCUT2D eigenvalue weighted by Gasteiger charge is -2.34. The van der Waals surface area contributed by atoms with Crippen molar-refractivity contribution in [2.75, 3.05) is 72.7 Å². The molecule has 3 saturated heterocycles. The molecule has 1 N–H and O–H groups in total. The standard InChI is InChI=1S/C38H44FN5O7S/c1-49-35-8-4-28(22-33(35)39)26-41-12-10-31(11-13-41)40-37(45)36-24-30-23-29(5-9-34(30)51-36)38(46)43-16-14-42(15-17-43)25-27-2-6-32(7-3-27)52(47,48)44-18-20-50-21-19-44/h2-9,22-24,31H,10-21,25-26H2,1H3,(H,40,45). The molecule has 14 heteroatoms. The van der Waals surface area contributed by atoms with E-state index in [-0.39, 0.29) is 40.1 Å². The zero-order valence-electron chi connectivity index (χ0n) is 29.3. The second-order valence-corrected chi connectivity index (χ2v) is 15.5. The number of fused-ring (bicyclic) bond motifs is 1. The van der Waals surface area contributed by atoms with E-state index in [1.807, 2.05) is 23.1 Å². The van der Waals surface area contributed by atoms with E-state index >= 15 is 0 Å². The molecule has 0 radical (unpaired) electrons. The van der Waals surface area contributed by atoms with Crippen LogP contribution in [0.15, 0.2) is 76.0 Å². The lowest BCUT2D eigenvalue weighted by atomic mass is 10.0. The van der Waals surface area contributed by atoms with Gasteiger partial charge in [-0.1, -0.05) is 18.2 Å². The molecule has 3 fully saturated rings. The predicted molar refractivity (Wildman–Crippen MR) is 192 cm³/mol. The van der Waals surface area contributed by atoms with E-state index in [1.54, 1.807) is 42.5 Å². The third kappa shape index (κ3) is 8.16. The van der Waals surface area contributed by atoms with Gasteiger partial charge in [-0.25, -0.2) is 12.8 Å². The van der Waals surface area contributed by atoms with Crippen molar-refractivity contribution in [3.05, 3.63) is 95.0 Å². The summed E-state index contributed by atoms with van der Waals surface area (Å²) in [7, 11) is -2.09. The molecule has 7 rings (SSSR count). The molecule has 0 bridgehead atoms. The van der Waals surface area contributed by atoms with Crippen LogP contribution in [0.5, 0.6) is 5.75 Å². The van der Waals surface area contributed by atoms with Gasteiger partial charge < -0.3 is 24.1 Å². The van der Waals surface area contributed by atoms with Crippen LogP contribution in [0, 0.1) is 5.82 Å². The van der Waals surface area contributed by atoms with E-state index in [0.29, 0.717) is 82.1 Å². The Morgan fingerprint density at radius 2 is 1.50 bits per heavy atom. The van der Waals surface area contributed by atoms with Crippen molar-refractivity contribution < 1.29 is 36.3 Å². The average Bonchev–Trinajstić information content (AvgIpc) is 3.60. The first kappa shape index (κ1) is 36.0. The van der Waals surface area contributed by atoms with E-state index in [9.17, 15) is 22.4 Å². The maximum atomic E-state index is 14.1. The first-order valence-electron chi connectivity index (χ1n) is 17.7. The van der Waals surface area contributed by atoms with Crippen LogP contribution in [0.3, 0.4) is 0 Å². The summed E-state index contributed by atoms with van der Waals surface area (Å²) in [5, 5.41) is 3.78. The number of hydrogen-bond acceptors (Lipinski definition) is 9. The van der Waals surface area contributed by atoms with Crippen molar-refractivity contribution in [1.29, 1.82) is 0 Å². The first-order valence-corrected chi connectivity index (χ1v) is 19.2. The molecular weight excluding hydrogens is 690 g/mol. The van der Waals surface area contributed by atoms with E-state index in [0.717, 1.165) is 37.1 Å². The second kappa shape index (κ2) is 15.7. The highest BCUT2D eigenvalue weighted by atomic mass is 32.2. The number of carbonyl (C=O) groups excluding carboxylic acids is 2. The minimum absolute atomic E-state index is 0.00348. The predicted octanol–water partition coefficient (Wildman–Crippen LogP) is 3.95. The summed E-state index contributed by atoms with van der Waals surface area (Å²) in [4.78, 5) is 33.2. The van der Waals surface area contributed by atoms with Crippen molar-refractivity contribution in [1.82, 2.24) is 24.3 Å². The van der Waals surface area contributed by atoms with Gasteiger partial charge in [0.1, 0.15) is 5.58 Å². The fourth-order valence-electron chi connectivity index (χ4n) is 7.10. The molecule has 52 heavy (non-hydrogen) atoms. The SMILES string of the molecule is COc1ccc(CN2CCC(NC(=O)c3cc4cc(C(=O)N5CCN(Cc6ccc(S(=O)(=O)N7CCOCC7)cc6)CC5)ccc4o3)CC2)cc1F. The van der Waals surface area contributed by atoms with Crippen LogP contribution in [0.25, 0.3) is 11.0 Å². The maximum Gasteiger partial charge on any atom is 0.287 e. The second-order valence-electron chi connectivity index (χ2n) is 13.6. The summed E-state index contributed by atoms with van der Waals surface area (Å²) in [5.41, 5.74) is 2.97. The van der Waals surface area contributed by atoms with Crippen LogP contribution in [0.1, 0.15) is 44.9 Å². The number of ether oxygens (including phenoxy) is 2. The maximum absolute atomic E-state index is 14.1. The van der Waals surface area contributed by atoms with Crippen molar-refractivity contribution in [2.24, 2.45) is 0 Å². The number of benzene rings is 3. The fraction of sp³-hybridized carbons (Fsp3) is 0.421. The normalized spacial score (nSPS) is 18.5. The van der Waals surface area contributed by atoms with Crippen molar-refractivity contribution in [3.63, 3.8) is 0 Å². The third-order valence-electron chi connectivity index (χ3n) is 10.1. The fourth-order valence-corrected chi connectivity index (χ4v) is 8.51. The number of sulfonamides is 1. The van der Waals surface area contributed by atoms with Crippen LogP contribution in [0.4, 0.5) is 4.39 Å². The molecule has 3 aliphatic rings. The molecule has 0 aliphatic carbocycles. The molecule has 0 spiro atoms. The van der Waals surface area contributed by atoms with Crippen molar-refractivity contribution >= 4 is 32.8 Å². The van der Waals surface area contributed by atoms with Crippen molar-refractivity contribution in [2.45, 2.75) is 36.9 Å². The van der Waals surface area contributed by atoms with Gasteiger partial charge in [-0.05, 0) is 72.5 Å². The smallest absolute Gasteiger partial charge is 0.287 e. The molecule has 2 amide bonds.